The Morgan fingerprint density at radius 2 is 1.76 bits per heavy atom. The van der Waals surface area contributed by atoms with Crippen LogP contribution in [-0.2, 0) is 27.3 Å². The molecular formula is C14H20O3. The van der Waals surface area contributed by atoms with Gasteiger partial charge in [-0.1, -0.05) is 24.3 Å². The Morgan fingerprint density at radius 3 is 2.29 bits per heavy atom. The fraction of sp³-hybridized carbons (Fsp3) is 0.500. The molecule has 17 heavy (non-hydrogen) atoms. The average Bonchev–Trinajstić information content (AvgIpc) is 2.26. The van der Waals surface area contributed by atoms with Crippen molar-refractivity contribution < 1.29 is 14.3 Å². The van der Waals surface area contributed by atoms with E-state index in [4.69, 9.17) is 4.74 Å². The topological polar surface area (TPSA) is 35.5 Å². The fourth-order valence-corrected chi connectivity index (χ4v) is 1.39. The minimum Gasteiger partial charge on any atom is -0.469 e. The first kappa shape index (κ1) is 13.7. The zero-order chi connectivity index (χ0) is 12.9. The lowest BCUT2D eigenvalue weighted by molar-refractivity contribution is -0.139. The zero-order valence-corrected chi connectivity index (χ0v) is 10.9. The molecule has 94 valence electrons. The Labute approximate surface area is 103 Å². The quantitative estimate of drug-likeness (QED) is 0.754. The Bertz CT molecular complexity index is 377. The highest BCUT2D eigenvalue weighted by Gasteiger charge is 2.13. The monoisotopic (exact) mass is 236 g/mol. The fourth-order valence-electron chi connectivity index (χ4n) is 1.39. The van der Waals surface area contributed by atoms with Gasteiger partial charge in [0.15, 0.2) is 0 Å². The SMILES string of the molecule is COC(=O)Cc1ccccc1COC(C)(C)C. The largest absolute Gasteiger partial charge is 0.469 e. The summed E-state index contributed by atoms with van der Waals surface area (Å²) in [5, 5.41) is 0. The van der Waals surface area contributed by atoms with E-state index in [1.165, 1.54) is 7.11 Å². The van der Waals surface area contributed by atoms with Crippen LogP contribution in [0.2, 0.25) is 0 Å². The maximum absolute atomic E-state index is 11.3. The molecule has 0 aliphatic carbocycles. The van der Waals surface area contributed by atoms with E-state index < -0.39 is 0 Å². The van der Waals surface area contributed by atoms with Crippen LogP contribution in [0.1, 0.15) is 31.9 Å². The van der Waals surface area contributed by atoms with Gasteiger partial charge >= 0.3 is 5.97 Å². The van der Waals surface area contributed by atoms with E-state index in [0.29, 0.717) is 13.0 Å². The summed E-state index contributed by atoms with van der Waals surface area (Å²) in [6, 6.07) is 7.77. The first-order chi connectivity index (χ1) is 7.92. The van der Waals surface area contributed by atoms with E-state index in [0.717, 1.165) is 11.1 Å². The van der Waals surface area contributed by atoms with Gasteiger partial charge in [0.2, 0.25) is 0 Å². The van der Waals surface area contributed by atoms with Crippen molar-refractivity contribution in [1.29, 1.82) is 0 Å². The number of rotatable bonds is 4. The molecule has 0 heterocycles. The molecule has 0 unspecified atom stereocenters. The minimum atomic E-state index is -0.229. The van der Waals surface area contributed by atoms with Crippen molar-refractivity contribution in [2.24, 2.45) is 0 Å². The van der Waals surface area contributed by atoms with Gasteiger partial charge < -0.3 is 9.47 Å². The maximum Gasteiger partial charge on any atom is 0.309 e. The molecule has 0 aliphatic heterocycles. The van der Waals surface area contributed by atoms with Gasteiger partial charge in [0, 0.05) is 0 Å². The Hall–Kier alpha value is -1.35. The molecule has 1 aromatic carbocycles. The van der Waals surface area contributed by atoms with Crippen LogP contribution in [0.15, 0.2) is 24.3 Å². The molecule has 0 saturated heterocycles. The summed E-state index contributed by atoms with van der Waals surface area (Å²) in [4.78, 5) is 11.3. The number of esters is 1. The van der Waals surface area contributed by atoms with E-state index in [-0.39, 0.29) is 11.6 Å². The number of hydrogen-bond acceptors (Lipinski definition) is 3. The Kier molecular flexibility index (Phi) is 4.70. The van der Waals surface area contributed by atoms with Gasteiger partial charge in [-0.25, -0.2) is 0 Å². The van der Waals surface area contributed by atoms with Crippen LogP contribution >= 0.6 is 0 Å². The second kappa shape index (κ2) is 5.82. The number of hydrogen-bond donors (Lipinski definition) is 0. The third kappa shape index (κ3) is 5.00. The summed E-state index contributed by atoms with van der Waals surface area (Å²) < 4.78 is 10.4. The summed E-state index contributed by atoms with van der Waals surface area (Å²) in [7, 11) is 1.40. The highest BCUT2D eigenvalue weighted by Crippen LogP contribution is 2.16. The van der Waals surface area contributed by atoms with Crippen molar-refractivity contribution in [1.82, 2.24) is 0 Å². The van der Waals surface area contributed by atoms with Gasteiger partial charge in [0.25, 0.3) is 0 Å². The second-order valence-corrected chi connectivity index (χ2v) is 4.92. The van der Waals surface area contributed by atoms with Crippen molar-refractivity contribution >= 4 is 5.97 Å². The lowest BCUT2D eigenvalue weighted by Crippen LogP contribution is -2.19. The molecule has 1 rings (SSSR count). The van der Waals surface area contributed by atoms with Crippen molar-refractivity contribution in [3.63, 3.8) is 0 Å². The van der Waals surface area contributed by atoms with Crippen LogP contribution in [0, 0.1) is 0 Å². The van der Waals surface area contributed by atoms with Gasteiger partial charge in [-0.05, 0) is 31.9 Å². The van der Waals surface area contributed by atoms with Crippen molar-refractivity contribution in [2.45, 2.75) is 39.4 Å². The van der Waals surface area contributed by atoms with Crippen molar-refractivity contribution in [3.05, 3.63) is 35.4 Å². The van der Waals surface area contributed by atoms with Gasteiger partial charge in [0.1, 0.15) is 0 Å². The molecule has 0 atom stereocenters. The number of methoxy groups -OCH3 is 1. The van der Waals surface area contributed by atoms with E-state index in [2.05, 4.69) is 4.74 Å². The molecule has 0 fully saturated rings. The highest BCUT2D eigenvalue weighted by molar-refractivity contribution is 5.72. The molecule has 3 nitrogen and oxygen atoms in total. The molecule has 0 aliphatic rings. The summed E-state index contributed by atoms with van der Waals surface area (Å²) in [6.07, 6.45) is 0.292. The van der Waals surface area contributed by atoms with E-state index >= 15 is 0 Å². The van der Waals surface area contributed by atoms with E-state index in [9.17, 15) is 4.79 Å². The zero-order valence-electron chi connectivity index (χ0n) is 10.9. The number of carbonyl (C=O) groups is 1. The van der Waals surface area contributed by atoms with Gasteiger partial charge in [0.05, 0.1) is 25.7 Å². The van der Waals surface area contributed by atoms with E-state index in [1.807, 2.05) is 45.0 Å². The standard InChI is InChI=1S/C14H20O3/c1-14(2,3)17-10-12-8-6-5-7-11(12)9-13(15)16-4/h5-8H,9-10H2,1-4H3. The third-order valence-corrected chi connectivity index (χ3v) is 2.34. The molecule has 1 aromatic rings. The lowest BCUT2D eigenvalue weighted by atomic mass is 10.0. The van der Waals surface area contributed by atoms with Crippen LogP contribution in [0.25, 0.3) is 0 Å². The molecule has 0 amide bonds. The van der Waals surface area contributed by atoms with Crippen LogP contribution in [0.3, 0.4) is 0 Å². The summed E-state index contributed by atoms with van der Waals surface area (Å²) in [6.45, 7) is 6.54. The third-order valence-electron chi connectivity index (χ3n) is 2.34. The first-order valence-corrected chi connectivity index (χ1v) is 5.70. The minimum absolute atomic E-state index is 0.182. The number of ether oxygens (including phenoxy) is 2. The highest BCUT2D eigenvalue weighted by atomic mass is 16.5. The molecule has 3 heteroatoms. The molecule has 0 saturated carbocycles. The number of carbonyl (C=O) groups excluding carboxylic acids is 1. The molecular weight excluding hydrogens is 216 g/mol. The Balaban J connectivity index is 2.74. The average molecular weight is 236 g/mol. The second-order valence-electron chi connectivity index (χ2n) is 4.92. The predicted molar refractivity (Wildman–Crippen MR) is 66.7 cm³/mol. The van der Waals surface area contributed by atoms with Crippen LogP contribution in [0.4, 0.5) is 0 Å². The summed E-state index contributed by atoms with van der Waals surface area (Å²) in [5.41, 5.74) is 1.81. The molecule has 0 bridgehead atoms. The summed E-state index contributed by atoms with van der Waals surface area (Å²) >= 11 is 0. The van der Waals surface area contributed by atoms with Gasteiger partial charge in [-0.3, -0.25) is 4.79 Å². The predicted octanol–water partition coefficient (Wildman–Crippen LogP) is 2.72. The maximum atomic E-state index is 11.3. The molecule has 0 aromatic heterocycles. The first-order valence-electron chi connectivity index (χ1n) is 5.70. The van der Waals surface area contributed by atoms with E-state index in [1.54, 1.807) is 0 Å². The normalized spacial score (nSPS) is 11.3. The Morgan fingerprint density at radius 1 is 1.18 bits per heavy atom. The molecule has 0 spiro atoms. The van der Waals surface area contributed by atoms with Gasteiger partial charge in [-0.15, -0.1) is 0 Å². The van der Waals surface area contributed by atoms with Crippen LogP contribution < -0.4 is 0 Å². The summed E-state index contributed by atoms with van der Waals surface area (Å²) in [5.74, 6) is -0.229. The lowest BCUT2D eigenvalue weighted by Gasteiger charge is -2.20. The van der Waals surface area contributed by atoms with Crippen molar-refractivity contribution in [3.8, 4) is 0 Å². The van der Waals surface area contributed by atoms with Crippen molar-refractivity contribution in [2.75, 3.05) is 7.11 Å². The smallest absolute Gasteiger partial charge is 0.309 e. The van der Waals surface area contributed by atoms with Gasteiger partial charge in [-0.2, -0.15) is 0 Å². The van der Waals surface area contributed by atoms with Crippen LogP contribution in [-0.4, -0.2) is 18.7 Å². The van der Waals surface area contributed by atoms with Crippen LogP contribution in [0.5, 0.6) is 0 Å². The number of benzene rings is 1. The molecule has 0 N–H and O–H groups in total. The molecule has 0 radical (unpaired) electrons.